The maximum atomic E-state index is 9.31. The average Bonchev–Trinajstić information content (AvgIpc) is 2.52. The van der Waals surface area contributed by atoms with Crippen LogP contribution in [-0.2, 0) is 6.54 Å². The predicted molar refractivity (Wildman–Crippen MR) is 47.0 cm³/mol. The summed E-state index contributed by atoms with van der Waals surface area (Å²) in [5, 5.41) is 26.0. The van der Waals surface area contributed by atoms with Crippen molar-refractivity contribution < 1.29 is 10.2 Å². The molecule has 1 aromatic heterocycles. The number of hydrogen-bond donors (Lipinski definition) is 2. The first-order valence-corrected chi connectivity index (χ1v) is 4.39. The fraction of sp³-hybridized carbons (Fsp3) is 0.750. The second kappa shape index (κ2) is 4.34. The summed E-state index contributed by atoms with van der Waals surface area (Å²) < 4.78 is 1.54. The number of nitrogens with zero attached hydrogens (tertiary/aromatic N) is 3. The first-order valence-electron chi connectivity index (χ1n) is 4.39. The van der Waals surface area contributed by atoms with Gasteiger partial charge in [-0.15, -0.1) is 5.10 Å². The van der Waals surface area contributed by atoms with Gasteiger partial charge < -0.3 is 10.2 Å². The van der Waals surface area contributed by atoms with Crippen LogP contribution < -0.4 is 0 Å². The van der Waals surface area contributed by atoms with Crippen LogP contribution in [0.25, 0.3) is 0 Å². The van der Waals surface area contributed by atoms with E-state index in [4.69, 9.17) is 5.11 Å². The summed E-state index contributed by atoms with van der Waals surface area (Å²) in [4.78, 5) is 0. The van der Waals surface area contributed by atoms with Crippen molar-refractivity contribution in [2.45, 2.75) is 39.0 Å². The van der Waals surface area contributed by atoms with Gasteiger partial charge in [-0.1, -0.05) is 12.1 Å². The van der Waals surface area contributed by atoms with Gasteiger partial charge >= 0.3 is 0 Å². The molecule has 2 atom stereocenters. The lowest BCUT2D eigenvalue weighted by molar-refractivity contribution is 0.144. The van der Waals surface area contributed by atoms with E-state index >= 15 is 0 Å². The molecule has 0 aliphatic carbocycles. The van der Waals surface area contributed by atoms with Gasteiger partial charge in [-0.3, -0.25) is 0 Å². The van der Waals surface area contributed by atoms with Crippen molar-refractivity contribution in [3.8, 4) is 0 Å². The summed E-state index contributed by atoms with van der Waals surface area (Å²) >= 11 is 0. The first kappa shape index (κ1) is 10.1. The molecule has 1 rings (SSSR count). The highest BCUT2D eigenvalue weighted by Gasteiger charge is 2.08. The molecule has 5 nitrogen and oxygen atoms in total. The van der Waals surface area contributed by atoms with Crippen molar-refractivity contribution in [2.24, 2.45) is 0 Å². The Kier molecular flexibility index (Phi) is 3.39. The maximum Gasteiger partial charge on any atom is 0.111 e. The van der Waals surface area contributed by atoms with E-state index in [1.54, 1.807) is 13.1 Å². The molecule has 1 aromatic rings. The minimum atomic E-state index is -0.604. The van der Waals surface area contributed by atoms with Gasteiger partial charge in [-0.25, -0.2) is 4.68 Å². The van der Waals surface area contributed by atoms with Crippen molar-refractivity contribution >= 4 is 0 Å². The lowest BCUT2D eigenvalue weighted by atomic mass is 10.3. The minimum absolute atomic E-state index is 0.399. The molecule has 0 radical (unpaired) electrons. The van der Waals surface area contributed by atoms with Crippen LogP contribution in [0.3, 0.4) is 0 Å². The summed E-state index contributed by atoms with van der Waals surface area (Å²) in [7, 11) is 0. The number of hydrogen-bond acceptors (Lipinski definition) is 4. The molecular weight excluding hydrogens is 170 g/mol. The average molecular weight is 185 g/mol. The van der Waals surface area contributed by atoms with Crippen LogP contribution in [0.2, 0.25) is 0 Å². The third-order valence-corrected chi connectivity index (χ3v) is 1.85. The molecule has 1 heterocycles. The van der Waals surface area contributed by atoms with Crippen LogP contribution in [0, 0.1) is 0 Å². The Bertz CT molecular complexity index is 260. The van der Waals surface area contributed by atoms with Gasteiger partial charge in [0.05, 0.1) is 24.9 Å². The van der Waals surface area contributed by atoms with Gasteiger partial charge in [0, 0.05) is 0 Å². The zero-order valence-corrected chi connectivity index (χ0v) is 7.88. The summed E-state index contributed by atoms with van der Waals surface area (Å²) in [6.45, 7) is 3.96. The first-order chi connectivity index (χ1) is 6.13. The van der Waals surface area contributed by atoms with Gasteiger partial charge in [0.25, 0.3) is 0 Å². The van der Waals surface area contributed by atoms with E-state index in [9.17, 15) is 5.11 Å². The third-order valence-electron chi connectivity index (χ3n) is 1.85. The molecule has 13 heavy (non-hydrogen) atoms. The molecule has 2 unspecified atom stereocenters. The zero-order chi connectivity index (χ0) is 9.84. The monoisotopic (exact) mass is 185 g/mol. The lowest BCUT2D eigenvalue weighted by Gasteiger charge is -2.05. The Morgan fingerprint density at radius 1 is 1.54 bits per heavy atom. The molecule has 0 aliphatic heterocycles. The van der Waals surface area contributed by atoms with E-state index < -0.39 is 12.2 Å². The van der Waals surface area contributed by atoms with E-state index in [0.717, 1.165) is 0 Å². The summed E-state index contributed by atoms with van der Waals surface area (Å²) in [5.74, 6) is 0. The van der Waals surface area contributed by atoms with Crippen molar-refractivity contribution in [1.29, 1.82) is 0 Å². The highest BCUT2D eigenvalue weighted by molar-refractivity contribution is 4.95. The van der Waals surface area contributed by atoms with Crippen LogP contribution in [0.15, 0.2) is 6.20 Å². The second-order valence-corrected chi connectivity index (χ2v) is 3.10. The van der Waals surface area contributed by atoms with E-state index in [0.29, 0.717) is 18.7 Å². The van der Waals surface area contributed by atoms with Gasteiger partial charge in [0.1, 0.15) is 5.69 Å². The fourth-order valence-electron chi connectivity index (χ4n) is 0.939. The molecular formula is C8H15N3O2. The number of aliphatic hydroxyl groups is 2. The predicted octanol–water partition coefficient (Wildman–Crippen LogP) is 0.102. The number of aromatic nitrogens is 3. The van der Waals surface area contributed by atoms with Crippen molar-refractivity contribution in [3.05, 3.63) is 11.9 Å². The van der Waals surface area contributed by atoms with Crippen LogP contribution >= 0.6 is 0 Å². The van der Waals surface area contributed by atoms with Crippen LogP contribution in [0.4, 0.5) is 0 Å². The van der Waals surface area contributed by atoms with Crippen LogP contribution in [-0.4, -0.2) is 31.3 Å². The molecule has 0 bridgehead atoms. The van der Waals surface area contributed by atoms with Crippen molar-refractivity contribution in [2.75, 3.05) is 0 Å². The molecule has 2 N–H and O–H groups in total. The van der Waals surface area contributed by atoms with E-state index in [1.165, 1.54) is 4.68 Å². The SMILES string of the molecule is CCC(O)Cn1cc(C(C)O)nn1. The second-order valence-electron chi connectivity index (χ2n) is 3.10. The molecule has 0 spiro atoms. The Labute approximate surface area is 77.0 Å². The molecule has 0 saturated carbocycles. The molecule has 74 valence electrons. The molecule has 0 aromatic carbocycles. The largest absolute Gasteiger partial charge is 0.391 e. The Morgan fingerprint density at radius 2 is 2.23 bits per heavy atom. The van der Waals surface area contributed by atoms with Gasteiger partial charge in [-0.2, -0.15) is 0 Å². The number of aliphatic hydroxyl groups excluding tert-OH is 2. The molecule has 0 saturated heterocycles. The molecule has 0 fully saturated rings. The molecule has 0 amide bonds. The van der Waals surface area contributed by atoms with Crippen LogP contribution in [0.1, 0.15) is 32.1 Å². The fourth-order valence-corrected chi connectivity index (χ4v) is 0.939. The Balaban J connectivity index is 2.58. The number of rotatable bonds is 4. The smallest absolute Gasteiger partial charge is 0.111 e. The minimum Gasteiger partial charge on any atom is -0.391 e. The molecule has 5 heteroatoms. The van der Waals surface area contributed by atoms with E-state index in [-0.39, 0.29) is 0 Å². The zero-order valence-electron chi connectivity index (χ0n) is 7.88. The standard InChI is InChI=1S/C8H15N3O2/c1-3-7(13)4-11-5-8(6(2)12)9-10-11/h5-7,12-13H,3-4H2,1-2H3. The maximum absolute atomic E-state index is 9.31. The summed E-state index contributed by atoms with van der Waals surface area (Å²) in [6.07, 6.45) is 1.32. The highest BCUT2D eigenvalue weighted by Crippen LogP contribution is 2.06. The Morgan fingerprint density at radius 3 is 2.69 bits per heavy atom. The highest BCUT2D eigenvalue weighted by atomic mass is 16.3. The van der Waals surface area contributed by atoms with Crippen LogP contribution in [0.5, 0.6) is 0 Å². The van der Waals surface area contributed by atoms with Gasteiger partial charge in [0.2, 0.25) is 0 Å². The molecule has 0 aliphatic rings. The normalized spacial score (nSPS) is 15.7. The topological polar surface area (TPSA) is 71.2 Å². The van der Waals surface area contributed by atoms with E-state index in [1.807, 2.05) is 6.92 Å². The summed E-state index contributed by atoms with van der Waals surface area (Å²) in [5.41, 5.74) is 0.531. The van der Waals surface area contributed by atoms with Gasteiger partial charge in [0.15, 0.2) is 0 Å². The summed E-state index contributed by atoms with van der Waals surface area (Å²) in [6, 6.07) is 0. The lowest BCUT2D eigenvalue weighted by Crippen LogP contribution is -2.15. The van der Waals surface area contributed by atoms with Gasteiger partial charge in [-0.05, 0) is 13.3 Å². The quantitative estimate of drug-likeness (QED) is 0.698. The van der Waals surface area contributed by atoms with Crippen molar-refractivity contribution in [1.82, 2.24) is 15.0 Å². The third kappa shape index (κ3) is 2.78. The van der Waals surface area contributed by atoms with Crippen molar-refractivity contribution in [3.63, 3.8) is 0 Å². The van der Waals surface area contributed by atoms with E-state index in [2.05, 4.69) is 10.3 Å². The Hall–Kier alpha value is -0.940.